The number of fused-ring (bicyclic) bond motifs is 1. The van der Waals surface area contributed by atoms with Crippen LogP contribution in [0.5, 0.6) is 0 Å². The molecule has 2 heterocycles. The maximum Gasteiger partial charge on any atom is 0.408 e. The van der Waals surface area contributed by atoms with Crippen LogP contribution < -0.4 is 11.1 Å². The number of hydrogen-bond donors (Lipinski definition) is 4. The third-order valence-electron chi connectivity index (χ3n) is 5.74. The summed E-state index contributed by atoms with van der Waals surface area (Å²) >= 11 is 0. The molecular weight excluding hydrogens is 464 g/mol. The molecule has 0 fully saturated rings. The van der Waals surface area contributed by atoms with Crippen LogP contribution in [0, 0.1) is 17.3 Å². The summed E-state index contributed by atoms with van der Waals surface area (Å²) in [6.45, 7) is 12.0. The van der Waals surface area contributed by atoms with Crippen molar-refractivity contribution >= 4 is 16.9 Å². The van der Waals surface area contributed by atoms with E-state index in [1.807, 2.05) is 32.9 Å². The van der Waals surface area contributed by atoms with Gasteiger partial charge in [0.05, 0.1) is 30.7 Å². The largest absolute Gasteiger partial charge is 0.444 e. The van der Waals surface area contributed by atoms with Gasteiger partial charge in [0.25, 0.3) is 0 Å². The zero-order chi connectivity index (χ0) is 26.8. The Bertz CT molecular complexity index is 1470. The number of rotatable bonds is 4. The highest BCUT2D eigenvalue weighted by Crippen LogP contribution is 2.28. The number of H-pyrrole nitrogens is 2. The molecule has 0 radical (unpaired) electrons. The highest BCUT2D eigenvalue weighted by molar-refractivity contribution is 5.88. The predicted molar refractivity (Wildman–Crippen MR) is 146 cm³/mol. The lowest BCUT2D eigenvalue weighted by molar-refractivity contribution is 0.0522. The van der Waals surface area contributed by atoms with Gasteiger partial charge < -0.3 is 25.8 Å². The van der Waals surface area contributed by atoms with E-state index in [0.29, 0.717) is 5.82 Å². The van der Waals surface area contributed by atoms with Gasteiger partial charge in [-0.2, -0.15) is 0 Å². The molecule has 0 aliphatic rings. The number of hydrogen-bond acceptors (Lipinski definition) is 5. The van der Waals surface area contributed by atoms with Crippen molar-refractivity contribution in [3.05, 3.63) is 71.7 Å². The van der Waals surface area contributed by atoms with Crippen molar-refractivity contribution < 1.29 is 9.53 Å². The van der Waals surface area contributed by atoms with Gasteiger partial charge in [0.2, 0.25) is 0 Å². The van der Waals surface area contributed by atoms with Crippen LogP contribution in [0.1, 0.15) is 70.5 Å². The van der Waals surface area contributed by atoms with Crippen molar-refractivity contribution in [3.8, 4) is 23.1 Å². The Kier molecular flexibility index (Phi) is 7.10. The maximum atomic E-state index is 11.9. The second-order valence-corrected chi connectivity index (χ2v) is 11.2. The van der Waals surface area contributed by atoms with Gasteiger partial charge in [0, 0.05) is 11.1 Å². The van der Waals surface area contributed by atoms with E-state index in [9.17, 15) is 4.79 Å². The van der Waals surface area contributed by atoms with Gasteiger partial charge in [-0.1, -0.05) is 44.9 Å². The molecule has 192 valence electrons. The minimum atomic E-state index is -0.544. The standard InChI is InChI=1S/C29H34N6O2/c1-28(2,3)25(30)26-32-15-22(34-26)12-8-18-7-9-20-14-21(11-10-19(20)13-18)23-16-31-24(35-23)17-33-27(36)37-29(4,5)6/h7,9-11,13-16,25H,17,30H2,1-6H3,(H,31,35)(H,32,34)(H,33,36). The molecule has 0 spiro atoms. The molecule has 8 nitrogen and oxygen atoms in total. The molecule has 0 bridgehead atoms. The molecule has 0 saturated heterocycles. The Morgan fingerprint density at radius 2 is 1.73 bits per heavy atom. The van der Waals surface area contributed by atoms with Gasteiger partial charge in [0.15, 0.2) is 0 Å². The molecule has 1 unspecified atom stereocenters. The van der Waals surface area contributed by atoms with Crippen LogP contribution in [-0.4, -0.2) is 31.6 Å². The highest BCUT2D eigenvalue weighted by atomic mass is 16.6. The number of carbonyl (C=O) groups excluding carboxylic acids is 1. The van der Waals surface area contributed by atoms with Crippen molar-refractivity contribution in [3.63, 3.8) is 0 Å². The number of nitrogens with zero attached hydrogens (tertiary/aromatic N) is 2. The zero-order valence-electron chi connectivity index (χ0n) is 22.2. The van der Waals surface area contributed by atoms with E-state index >= 15 is 0 Å². The van der Waals surface area contributed by atoms with Gasteiger partial charge >= 0.3 is 6.09 Å². The van der Waals surface area contributed by atoms with E-state index in [4.69, 9.17) is 10.5 Å². The van der Waals surface area contributed by atoms with Gasteiger partial charge in [-0.3, -0.25) is 0 Å². The Morgan fingerprint density at radius 1 is 1.00 bits per heavy atom. The second-order valence-electron chi connectivity index (χ2n) is 11.2. The van der Waals surface area contributed by atoms with Gasteiger partial charge in [-0.25, -0.2) is 14.8 Å². The summed E-state index contributed by atoms with van der Waals surface area (Å²) in [5, 5.41) is 4.89. The molecule has 2 aromatic heterocycles. The first-order chi connectivity index (χ1) is 17.4. The molecule has 0 saturated carbocycles. The van der Waals surface area contributed by atoms with Gasteiger partial charge in [0.1, 0.15) is 22.9 Å². The summed E-state index contributed by atoms with van der Waals surface area (Å²) in [5.41, 5.74) is 9.18. The van der Waals surface area contributed by atoms with Crippen LogP contribution in [0.25, 0.3) is 22.0 Å². The van der Waals surface area contributed by atoms with Crippen LogP contribution in [0.2, 0.25) is 0 Å². The quantitative estimate of drug-likeness (QED) is 0.280. The molecule has 1 amide bonds. The first kappa shape index (κ1) is 26.0. The smallest absolute Gasteiger partial charge is 0.408 e. The van der Waals surface area contributed by atoms with Crippen molar-refractivity contribution in [2.24, 2.45) is 11.1 Å². The summed E-state index contributed by atoms with van der Waals surface area (Å²) < 4.78 is 5.26. The molecule has 0 aliphatic heterocycles. The molecule has 37 heavy (non-hydrogen) atoms. The van der Waals surface area contributed by atoms with E-state index in [2.05, 4.69) is 82.1 Å². The number of benzene rings is 2. The van der Waals surface area contributed by atoms with Gasteiger partial charge in [-0.05, 0) is 61.1 Å². The van der Waals surface area contributed by atoms with E-state index < -0.39 is 11.7 Å². The summed E-state index contributed by atoms with van der Waals surface area (Å²) in [7, 11) is 0. The molecule has 5 N–H and O–H groups in total. The Labute approximate surface area is 217 Å². The molecule has 1 atom stereocenters. The Hall–Kier alpha value is -4.09. The van der Waals surface area contributed by atoms with Crippen molar-refractivity contribution in [1.29, 1.82) is 0 Å². The monoisotopic (exact) mass is 498 g/mol. The number of alkyl carbamates (subject to hydrolysis) is 1. The summed E-state index contributed by atoms with van der Waals surface area (Å²) in [5.74, 6) is 7.75. The van der Waals surface area contributed by atoms with E-state index in [1.54, 1.807) is 12.4 Å². The number of nitrogens with two attached hydrogens (primary N) is 1. The number of aromatic amines is 2. The van der Waals surface area contributed by atoms with Crippen molar-refractivity contribution in [2.75, 3.05) is 0 Å². The van der Waals surface area contributed by atoms with Crippen LogP contribution >= 0.6 is 0 Å². The molecule has 2 aromatic carbocycles. The summed E-state index contributed by atoms with van der Waals surface area (Å²) in [6, 6.07) is 12.1. The molecule has 0 aliphatic carbocycles. The van der Waals surface area contributed by atoms with Crippen LogP contribution in [0.15, 0.2) is 48.8 Å². The predicted octanol–water partition coefficient (Wildman–Crippen LogP) is 5.42. The summed E-state index contributed by atoms with van der Waals surface area (Å²) in [4.78, 5) is 27.1. The fraction of sp³-hybridized carbons (Fsp3) is 0.345. The van der Waals surface area contributed by atoms with Crippen LogP contribution in [-0.2, 0) is 11.3 Å². The third-order valence-corrected chi connectivity index (χ3v) is 5.74. The number of imidazole rings is 2. The molecule has 4 rings (SSSR count). The third kappa shape index (κ3) is 6.78. The Morgan fingerprint density at radius 3 is 2.46 bits per heavy atom. The second kappa shape index (κ2) is 10.1. The zero-order valence-corrected chi connectivity index (χ0v) is 22.2. The maximum absolute atomic E-state index is 11.9. The van der Waals surface area contributed by atoms with E-state index in [1.165, 1.54) is 0 Å². The van der Waals surface area contributed by atoms with Crippen molar-refractivity contribution in [1.82, 2.24) is 25.3 Å². The number of ether oxygens (including phenoxy) is 1. The highest BCUT2D eigenvalue weighted by Gasteiger charge is 2.24. The number of aromatic nitrogens is 4. The first-order valence-corrected chi connectivity index (χ1v) is 12.2. The number of carbonyl (C=O) groups is 1. The summed E-state index contributed by atoms with van der Waals surface area (Å²) in [6.07, 6.45) is 3.01. The van der Waals surface area contributed by atoms with Gasteiger partial charge in [-0.15, -0.1) is 0 Å². The average Bonchev–Trinajstić information content (AvgIpc) is 3.49. The Balaban J connectivity index is 1.44. The van der Waals surface area contributed by atoms with E-state index in [0.717, 1.165) is 39.1 Å². The van der Waals surface area contributed by atoms with E-state index in [-0.39, 0.29) is 18.0 Å². The molecule has 4 aromatic rings. The average molecular weight is 499 g/mol. The fourth-order valence-electron chi connectivity index (χ4n) is 3.67. The lowest BCUT2D eigenvalue weighted by Gasteiger charge is -2.24. The SMILES string of the molecule is CC(C)(C)OC(=O)NCc1ncc(-c2ccc3cc(C#Cc4cnc(C(N)C(C)(C)C)[nH]4)ccc3c2)[nH]1. The topological polar surface area (TPSA) is 122 Å². The normalized spacial score (nSPS) is 12.6. The molecule has 8 heteroatoms. The number of nitrogens with one attached hydrogen (secondary N) is 3. The van der Waals surface area contributed by atoms with Crippen LogP contribution in [0.3, 0.4) is 0 Å². The minimum absolute atomic E-state index is 0.0888. The lowest BCUT2D eigenvalue weighted by atomic mass is 9.87. The minimum Gasteiger partial charge on any atom is -0.444 e. The van der Waals surface area contributed by atoms with Crippen LogP contribution in [0.4, 0.5) is 4.79 Å². The fourth-order valence-corrected chi connectivity index (χ4v) is 3.67. The number of amides is 1. The first-order valence-electron chi connectivity index (χ1n) is 12.2. The lowest BCUT2D eigenvalue weighted by Crippen LogP contribution is -2.32. The molecular formula is C29H34N6O2. The van der Waals surface area contributed by atoms with Crippen molar-refractivity contribution in [2.45, 2.75) is 59.7 Å².